The van der Waals surface area contributed by atoms with Crippen molar-refractivity contribution in [2.45, 2.75) is 78.1 Å². The van der Waals surface area contributed by atoms with Crippen molar-refractivity contribution in [3.05, 3.63) is 39.9 Å². The van der Waals surface area contributed by atoms with Crippen LogP contribution < -0.4 is 0 Å². The van der Waals surface area contributed by atoms with Gasteiger partial charge in [0.1, 0.15) is 5.75 Å². The molecule has 1 aliphatic carbocycles. The summed E-state index contributed by atoms with van der Waals surface area (Å²) in [4.78, 5) is 0. The Hall–Kier alpha value is -0.950. The third-order valence-electron chi connectivity index (χ3n) is 5.17. The fourth-order valence-electron chi connectivity index (χ4n) is 3.61. The molecule has 0 aromatic heterocycles. The second-order valence-corrected chi connectivity index (χ2v) is 7.48. The van der Waals surface area contributed by atoms with Crippen LogP contribution in [0.3, 0.4) is 0 Å². The van der Waals surface area contributed by atoms with Crippen LogP contribution in [0.2, 0.25) is 5.02 Å². The van der Waals surface area contributed by atoms with Crippen LogP contribution in [0.1, 0.15) is 75.8 Å². The van der Waals surface area contributed by atoms with Crippen LogP contribution in [0, 0.1) is 12.8 Å². The summed E-state index contributed by atoms with van der Waals surface area (Å²) in [6, 6.07) is 3.49. The average Bonchev–Trinajstić information content (AvgIpc) is 2.99. The molecule has 0 bridgehead atoms. The maximum absolute atomic E-state index is 10.1. The van der Waals surface area contributed by atoms with Gasteiger partial charge in [0.2, 0.25) is 0 Å². The highest BCUT2D eigenvalue weighted by molar-refractivity contribution is 6.31. The Kier molecular flexibility index (Phi) is 7.49. The van der Waals surface area contributed by atoms with Gasteiger partial charge < -0.3 is 5.11 Å². The SMILES string of the molecule is CCCCCCCC[C@H]1CC=C(Cc2c(O)ccc(Cl)c2C)C1. The first-order valence-corrected chi connectivity index (χ1v) is 9.64. The second kappa shape index (κ2) is 9.37. The van der Waals surface area contributed by atoms with Gasteiger partial charge in [0.15, 0.2) is 0 Å². The van der Waals surface area contributed by atoms with Crippen molar-refractivity contribution in [3.8, 4) is 5.75 Å². The maximum Gasteiger partial charge on any atom is 0.119 e. The molecule has 23 heavy (non-hydrogen) atoms. The predicted molar refractivity (Wildman–Crippen MR) is 100 cm³/mol. The molecule has 0 amide bonds. The zero-order valence-electron chi connectivity index (χ0n) is 14.7. The molecule has 2 heteroatoms. The fraction of sp³-hybridized carbons (Fsp3) is 0.619. The van der Waals surface area contributed by atoms with Crippen molar-refractivity contribution in [1.29, 1.82) is 0 Å². The van der Waals surface area contributed by atoms with E-state index in [4.69, 9.17) is 11.6 Å². The van der Waals surface area contributed by atoms with E-state index in [1.807, 2.05) is 6.92 Å². The van der Waals surface area contributed by atoms with Gasteiger partial charge in [-0.1, -0.05) is 68.7 Å². The van der Waals surface area contributed by atoms with Gasteiger partial charge >= 0.3 is 0 Å². The van der Waals surface area contributed by atoms with Crippen LogP contribution in [0.15, 0.2) is 23.8 Å². The molecule has 0 aliphatic heterocycles. The first kappa shape index (κ1) is 18.4. The van der Waals surface area contributed by atoms with Crippen molar-refractivity contribution in [2.24, 2.45) is 5.92 Å². The number of unbranched alkanes of at least 4 members (excludes halogenated alkanes) is 5. The number of hydrogen-bond donors (Lipinski definition) is 1. The average molecular weight is 335 g/mol. The highest BCUT2D eigenvalue weighted by Gasteiger charge is 2.19. The summed E-state index contributed by atoms with van der Waals surface area (Å²) >= 11 is 6.19. The minimum Gasteiger partial charge on any atom is -0.508 e. The molecular formula is C21H31ClO. The number of hydrogen-bond acceptors (Lipinski definition) is 1. The van der Waals surface area contributed by atoms with Gasteiger partial charge in [-0.15, -0.1) is 0 Å². The summed E-state index contributed by atoms with van der Waals surface area (Å²) in [6.07, 6.45) is 15.3. The Balaban J connectivity index is 1.74. The van der Waals surface area contributed by atoms with Gasteiger partial charge in [0, 0.05) is 10.6 Å². The number of phenols is 1. The quantitative estimate of drug-likeness (QED) is 0.381. The molecule has 0 fully saturated rings. The van der Waals surface area contributed by atoms with Gasteiger partial charge in [-0.3, -0.25) is 0 Å². The molecule has 1 N–H and O–H groups in total. The van der Waals surface area contributed by atoms with E-state index in [1.165, 1.54) is 63.4 Å². The molecule has 0 spiro atoms. The van der Waals surface area contributed by atoms with E-state index < -0.39 is 0 Å². The van der Waals surface area contributed by atoms with Crippen molar-refractivity contribution in [2.75, 3.05) is 0 Å². The molecule has 1 aromatic carbocycles. The van der Waals surface area contributed by atoms with Crippen LogP contribution in [0.4, 0.5) is 0 Å². The lowest BCUT2D eigenvalue weighted by Gasteiger charge is -2.13. The molecule has 0 heterocycles. The van der Waals surface area contributed by atoms with Gasteiger partial charge in [-0.25, -0.2) is 0 Å². The van der Waals surface area contributed by atoms with Crippen LogP contribution in [-0.2, 0) is 6.42 Å². The van der Waals surface area contributed by atoms with Gasteiger partial charge in [-0.2, -0.15) is 0 Å². The number of benzene rings is 1. The fourth-order valence-corrected chi connectivity index (χ4v) is 3.79. The molecule has 0 radical (unpaired) electrons. The zero-order chi connectivity index (χ0) is 16.7. The van der Waals surface area contributed by atoms with Gasteiger partial charge in [0.25, 0.3) is 0 Å². The standard InChI is InChI=1S/C21H31ClO/c1-3-4-5-6-7-8-9-17-10-11-18(14-17)15-19-16(2)20(22)12-13-21(19)23/h11-13,17,23H,3-10,14-15H2,1-2H3/t17-/m0/s1. The Morgan fingerprint density at radius 1 is 1.13 bits per heavy atom. The van der Waals surface area contributed by atoms with Crippen molar-refractivity contribution in [1.82, 2.24) is 0 Å². The largest absolute Gasteiger partial charge is 0.508 e. The third kappa shape index (κ3) is 5.57. The molecule has 1 atom stereocenters. The van der Waals surface area contributed by atoms with E-state index in [-0.39, 0.29) is 0 Å². The van der Waals surface area contributed by atoms with E-state index >= 15 is 0 Å². The molecular weight excluding hydrogens is 304 g/mol. The lowest BCUT2D eigenvalue weighted by Crippen LogP contribution is -1.98. The molecule has 0 saturated heterocycles. The lowest BCUT2D eigenvalue weighted by molar-refractivity contribution is 0.462. The van der Waals surface area contributed by atoms with Gasteiger partial charge in [-0.05, 0) is 56.2 Å². The number of rotatable bonds is 9. The summed E-state index contributed by atoms with van der Waals surface area (Å²) in [5, 5.41) is 10.9. The highest BCUT2D eigenvalue weighted by Crippen LogP contribution is 2.35. The Bertz CT molecular complexity index is 533. The van der Waals surface area contributed by atoms with E-state index in [1.54, 1.807) is 12.1 Å². The number of halogens is 1. The summed E-state index contributed by atoms with van der Waals surface area (Å²) in [5.74, 6) is 1.20. The maximum atomic E-state index is 10.1. The molecule has 1 aromatic rings. The zero-order valence-corrected chi connectivity index (χ0v) is 15.5. The first-order chi connectivity index (χ1) is 11.1. The van der Waals surface area contributed by atoms with Gasteiger partial charge in [0.05, 0.1) is 0 Å². The minimum absolute atomic E-state index is 0.382. The first-order valence-electron chi connectivity index (χ1n) is 9.26. The van der Waals surface area contributed by atoms with Crippen LogP contribution in [0.25, 0.3) is 0 Å². The lowest BCUT2D eigenvalue weighted by atomic mass is 9.94. The molecule has 128 valence electrons. The summed E-state index contributed by atoms with van der Waals surface area (Å²) in [7, 11) is 0. The van der Waals surface area contributed by atoms with Crippen LogP contribution in [-0.4, -0.2) is 5.11 Å². The van der Waals surface area contributed by atoms with Crippen LogP contribution in [0.5, 0.6) is 5.75 Å². The Morgan fingerprint density at radius 2 is 1.87 bits per heavy atom. The molecule has 2 rings (SSSR count). The van der Waals surface area contributed by atoms with E-state index in [0.29, 0.717) is 5.75 Å². The second-order valence-electron chi connectivity index (χ2n) is 7.07. The molecule has 0 unspecified atom stereocenters. The molecule has 1 aliphatic rings. The highest BCUT2D eigenvalue weighted by atomic mass is 35.5. The number of allylic oxidation sites excluding steroid dienone is 2. The summed E-state index contributed by atoms with van der Waals surface area (Å²) < 4.78 is 0. The van der Waals surface area contributed by atoms with Crippen molar-refractivity contribution < 1.29 is 5.11 Å². The smallest absolute Gasteiger partial charge is 0.119 e. The normalized spacial score (nSPS) is 17.5. The minimum atomic E-state index is 0.382. The third-order valence-corrected chi connectivity index (χ3v) is 5.58. The summed E-state index contributed by atoms with van der Waals surface area (Å²) in [6.45, 7) is 4.27. The number of aromatic hydroxyl groups is 1. The van der Waals surface area contributed by atoms with E-state index in [2.05, 4.69) is 13.0 Å². The molecule has 0 saturated carbocycles. The van der Waals surface area contributed by atoms with E-state index in [0.717, 1.165) is 28.5 Å². The monoisotopic (exact) mass is 334 g/mol. The van der Waals surface area contributed by atoms with E-state index in [9.17, 15) is 5.11 Å². The molecule has 1 nitrogen and oxygen atoms in total. The predicted octanol–water partition coefficient (Wildman–Crippen LogP) is 6.98. The van der Waals surface area contributed by atoms with Crippen LogP contribution >= 0.6 is 11.6 Å². The summed E-state index contributed by atoms with van der Waals surface area (Å²) in [5.41, 5.74) is 3.50. The Labute approximate surface area is 146 Å². The number of phenolic OH excluding ortho intramolecular Hbond substituents is 1. The van der Waals surface area contributed by atoms with Crippen molar-refractivity contribution >= 4 is 11.6 Å². The topological polar surface area (TPSA) is 20.2 Å². The Morgan fingerprint density at radius 3 is 2.65 bits per heavy atom. The van der Waals surface area contributed by atoms with Crippen molar-refractivity contribution in [3.63, 3.8) is 0 Å².